The molecular weight excluding hydrogens is 240 g/mol. The minimum atomic E-state index is 0.497. The zero-order chi connectivity index (χ0) is 11.0. The molecular formula is C12H7ClN2S. The van der Waals surface area contributed by atoms with Crippen molar-refractivity contribution in [3.05, 3.63) is 47.7 Å². The summed E-state index contributed by atoms with van der Waals surface area (Å²) in [4.78, 5) is 8.52. The summed E-state index contributed by atoms with van der Waals surface area (Å²) in [6.45, 7) is 0. The van der Waals surface area contributed by atoms with Gasteiger partial charge in [0.1, 0.15) is 10.2 Å². The molecule has 4 heteroatoms. The first-order valence-corrected chi connectivity index (χ1v) is 6.00. The highest BCUT2D eigenvalue weighted by molar-refractivity contribution is 7.21. The summed E-state index contributed by atoms with van der Waals surface area (Å²) in [5, 5.41) is 1.47. The summed E-state index contributed by atoms with van der Waals surface area (Å²) in [6, 6.07) is 11.8. The zero-order valence-corrected chi connectivity index (χ0v) is 9.79. The predicted molar refractivity (Wildman–Crippen MR) is 67.9 cm³/mol. The van der Waals surface area contributed by atoms with Crippen molar-refractivity contribution in [2.75, 3.05) is 0 Å². The van der Waals surface area contributed by atoms with Gasteiger partial charge in [0.2, 0.25) is 0 Å². The van der Waals surface area contributed by atoms with Crippen LogP contribution in [-0.4, -0.2) is 9.97 Å². The van der Waals surface area contributed by atoms with Gasteiger partial charge in [-0.15, -0.1) is 11.3 Å². The Balaban J connectivity index is 2.19. The van der Waals surface area contributed by atoms with Gasteiger partial charge in [0.25, 0.3) is 0 Å². The molecule has 1 aromatic carbocycles. The first-order valence-electron chi connectivity index (χ1n) is 4.80. The molecule has 0 radical (unpaired) electrons. The average molecular weight is 247 g/mol. The fourth-order valence-electron chi connectivity index (χ4n) is 1.53. The van der Waals surface area contributed by atoms with Crippen LogP contribution >= 0.6 is 22.9 Å². The van der Waals surface area contributed by atoms with Crippen LogP contribution in [0.15, 0.2) is 42.6 Å². The summed E-state index contributed by atoms with van der Waals surface area (Å²) in [5.74, 6) is 0. The molecule has 0 spiro atoms. The van der Waals surface area contributed by atoms with Crippen molar-refractivity contribution in [3.63, 3.8) is 0 Å². The molecule has 0 aliphatic carbocycles. The van der Waals surface area contributed by atoms with Gasteiger partial charge in [0.15, 0.2) is 0 Å². The highest BCUT2D eigenvalue weighted by atomic mass is 35.5. The smallest absolute Gasteiger partial charge is 0.129 e. The minimum absolute atomic E-state index is 0.497. The van der Waals surface area contributed by atoms with Crippen molar-refractivity contribution in [3.8, 4) is 10.6 Å². The largest absolute Gasteiger partial charge is 0.245 e. The number of hydrogen-bond donors (Lipinski definition) is 0. The molecule has 2 aromatic heterocycles. The predicted octanol–water partition coefficient (Wildman–Crippen LogP) is 4.01. The molecule has 3 rings (SSSR count). The van der Waals surface area contributed by atoms with E-state index in [1.165, 1.54) is 4.70 Å². The van der Waals surface area contributed by atoms with Crippen LogP contribution in [0.25, 0.3) is 20.8 Å². The fraction of sp³-hybridized carbons (Fsp3) is 0. The van der Waals surface area contributed by atoms with Crippen molar-refractivity contribution < 1.29 is 0 Å². The number of halogens is 1. The lowest BCUT2D eigenvalue weighted by atomic mass is 10.3. The third kappa shape index (κ3) is 1.68. The van der Waals surface area contributed by atoms with Crippen LogP contribution in [0.1, 0.15) is 0 Å². The lowest BCUT2D eigenvalue weighted by molar-refractivity contribution is 1.32. The highest BCUT2D eigenvalue weighted by Crippen LogP contribution is 2.30. The van der Waals surface area contributed by atoms with Crippen LogP contribution < -0.4 is 0 Å². The third-order valence-electron chi connectivity index (χ3n) is 2.27. The van der Waals surface area contributed by atoms with E-state index in [4.69, 9.17) is 11.6 Å². The standard InChI is InChI=1S/C12H7ClN2S/c13-11-7-8(5-6-14-11)12-15-9-3-1-2-4-10(9)16-12/h1-7H. The highest BCUT2D eigenvalue weighted by Gasteiger charge is 2.05. The number of aromatic nitrogens is 2. The molecule has 16 heavy (non-hydrogen) atoms. The molecule has 0 aliphatic heterocycles. The molecule has 0 bridgehead atoms. The van der Waals surface area contributed by atoms with Crippen molar-refractivity contribution in [1.82, 2.24) is 9.97 Å². The van der Waals surface area contributed by atoms with Crippen molar-refractivity contribution >= 4 is 33.2 Å². The summed E-state index contributed by atoms with van der Waals surface area (Å²) in [7, 11) is 0. The Hall–Kier alpha value is -1.45. The molecule has 2 heterocycles. The molecule has 0 atom stereocenters. The molecule has 0 amide bonds. The maximum Gasteiger partial charge on any atom is 0.129 e. The fourth-order valence-corrected chi connectivity index (χ4v) is 2.67. The molecule has 0 N–H and O–H groups in total. The lowest BCUT2D eigenvalue weighted by Gasteiger charge is -1.94. The number of nitrogens with zero attached hydrogens (tertiary/aromatic N) is 2. The molecule has 3 aromatic rings. The first-order chi connectivity index (χ1) is 7.83. The molecule has 78 valence electrons. The van der Waals surface area contributed by atoms with Crippen molar-refractivity contribution in [1.29, 1.82) is 0 Å². The number of fused-ring (bicyclic) bond motifs is 1. The van der Waals surface area contributed by atoms with Gasteiger partial charge in [-0.2, -0.15) is 0 Å². The molecule has 0 saturated carbocycles. The van der Waals surface area contributed by atoms with E-state index in [2.05, 4.69) is 16.0 Å². The van der Waals surface area contributed by atoms with E-state index in [0.717, 1.165) is 16.1 Å². The van der Waals surface area contributed by atoms with Gasteiger partial charge in [0, 0.05) is 11.8 Å². The number of rotatable bonds is 1. The Kier molecular flexibility index (Phi) is 2.35. The Morgan fingerprint density at radius 2 is 2.00 bits per heavy atom. The Morgan fingerprint density at radius 1 is 1.12 bits per heavy atom. The third-order valence-corrected chi connectivity index (χ3v) is 3.56. The van der Waals surface area contributed by atoms with Gasteiger partial charge in [-0.05, 0) is 24.3 Å². The van der Waals surface area contributed by atoms with Crippen LogP contribution in [0.3, 0.4) is 0 Å². The van der Waals surface area contributed by atoms with Crippen LogP contribution in [0, 0.1) is 0 Å². The maximum absolute atomic E-state index is 5.86. The summed E-state index contributed by atoms with van der Waals surface area (Å²) < 4.78 is 1.19. The van der Waals surface area contributed by atoms with Gasteiger partial charge in [-0.1, -0.05) is 23.7 Å². The van der Waals surface area contributed by atoms with Gasteiger partial charge in [-0.25, -0.2) is 9.97 Å². The van der Waals surface area contributed by atoms with Crippen LogP contribution in [0.5, 0.6) is 0 Å². The van der Waals surface area contributed by atoms with Crippen LogP contribution in [0.2, 0.25) is 5.15 Å². The number of benzene rings is 1. The molecule has 2 nitrogen and oxygen atoms in total. The van der Waals surface area contributed by atoms with E-state index in [9.17, 15) is 0 Å². The number of thiazole rings is 1. The molecule has 0 unspecified atom stereocenters. The van der Waals surface area contributed by atoms with E-state index < -0.39 is 0 Å². The maximum atomic E-state index is 5.86. The monoisotopic (exact) mass is 246 g/mol. The average Bonchev–Trinajstić information content (AvgIpc) is 2.72. The van der Waals surface area contributed by atoms with Gasteiger partial charge < -0.3 is 0 Å². The molecule has 0 aliphatic rings. The van der Waals surface area contributed by atoms with Crippen molar-refractivity contribution in [2.24, 2.45) is 0 Å². The number of para-hydroxylation sites is 1. The Bertz CT molecular complexity index is 615. The van der Waals surface area contributed by atoms with Crippen molar-refractivity contribution in [2.45, 2.75) is 0 Å². The SMILES string of the molecule is Clc1cc(-c2nc3ccccc3s2)ccn1. The summed E-state index contributed by atoms with van der Waals surface area (Å²) in [5.41, 5.74) is 2.04. The summed E-state index contributed by atoms with van der Waals surface area (Å²) >= 11 is 7.52. The Labute approximate surface area is 102 Å². The molecule has 0 saturated heterocycles. The topological polar surface area (TPSA) is 25.8 Å². The van der Waals surface area contributed by atoms with E-state index in [0.29, 0.717) is 5.15 Å². The van der Waals surface area contributed by atoms with Crippen LogP contribution in [-0.2, 0) is 0 Å². The summed E-state index contributed by atoms with van der Waals surface area (Å²) in [6.07, 6.45) is 1.70. The van der Waals surface area contributed by atoms with E-state index in [1.54, 1.807) is 17.5 Å². The lowest BCUT2D eigenvalue weighted by Crippen LogP contribution is -1.78. The minimum Gasteiger partial charge on any atom is -0.245 e. The second kappa shape index (κ2) is 3.85. The van der Waals surface area contributed by atoms with E-state index >= 15 is 0 Å². The van der Waals surface area contributed by atoms with E-state index in [1.807, 2.05) is 30.3 Å². The number of hydrogen-bond acceptors (Lipinski definition) is 3. The second-order valence-corrected chi connectivity index (χ2v) is 4.77. The van der Waals surface area contributed by atoms with Crippen LogP contribution in [0.4, 0.5) is 0 Å². The zero-order valence-electron chi connectivity index (χ0n) is 8.22. The van der Waals surface area contributed by atoms with Gasteiger partial charge in [-0.3, -0.25) is 0 Å². The molecule has 0 fully saturated rings. The van der Waals surface area contributed by atoms with Gasteiger partial charge >= 0.3 is 0 Å². The first kappa shape index (κ1) is 9.75. The van der Waals surface area contributed by atoms with E-state index in [-0.39, 0.29) is 0 Å². The normalized spacial score (nSPS) is 10.8. The quantitative estimate of drug-likeness (QED) is 0.607. The second-order valence-electron chi connectivity index (χ2n) is 3.35. The number of pyridine rings is 1. The Morgan fingerprint density at radius 3 is 2.81 bits per heavy atom. The van der Waals surface area contributed by atoms with Gasteiger partial charge in [0.05, 0.1) is 10.2 Å².